The van der Waals surface area contributed by atoms with Crippen LogP contribution in [0.2, 0.25) is 0 Å². The topological polar surface area (TPSA) is 58.3 Å². The van der Waals surface area contributed by atoms with Crippen LogP contribution in [0.15, 0.2) is 6.07 Å². The molecule has 2 heterocycles. The smallest absolute Gasteiger partial charge is 0.226 e. The molecule has 6 heteroatoms. The fraction of sp³-hybridized carbons (Fsp3) is 0.615. The number of piperidine rings is 1. The second kappa shape index (κ2) is 5.79. The Balaban J connectivity index is 2.13. The molecule has 2 rings (SSSR count). The van der Waals surface area contributed by atoms with Crippen LogP contribution in [0.25, 0.3) is 0 Å². The Morgan fingerprint density at radius 3 is 2.53 bits per heavy atom. The Morgan fingerprint density at radius 1 is 1.37 bits per heavy atom. The predicted octanol–water partition coefficient (Wildman–Crippen LogP) is 0.950. The van der Waals surface area contributed by atoms with Gasteiger partial charge < -0.3 is 15.5 Å². The van der Waals surface area contributed by atoms with Gasteiger partial charge in [0.2, 0.25) is 5.95 Å². The molecule has 0 atom stereocenters. The van der Waals surface area contributed by atoms with Gasteiger partial charge in [-0.3, -0.25) is 0 Å². The average Bonchev–Trinajstić information content (AvgIpc) is 2.38. The third kappa shape index (κ3) is 3.39. The van der Waals surface area contributed by atoms with Crippen LogP contribution < -0.4 is 10.6 Å². The molecule has 5 nitrogen and oxygen atoms in total. The summed E-state index contributed by atoms with van der Waals surface area (Å²) in [6.07, 6.45) is 2.26. The van der Waals surface area contributed by atoms with Crippen LogP contribution in [-0.2, 0) is 0 Å². The zero-order valence-corrected chi connectivity index (χ0v) is 12.6. The van der Waals surface area contributed by atoms with E-state index in [1.807, 2.05) is 13.0 Å². The summed E-state index contributed by atoms with van der Waals surface area (Å²) >= 11 is 5.00. The van der Waals surface area contributed by atoms with Crippen molar-refractivity contribution >= 4 is 23.2 Å². The lowest BCUT2D eigenvalue weighted by molar-refractivity contribution is 0.249. The summed E-state index contributed by atoms with van der Waals surface area (Å²) in [6.45, 7) is 3.89. The summed E-state index contributed by atoms with van der Waals surface area (Å²) < 4.78 is 0. The minimum atomic E-state index is 0.329. The van der Waals surface area contributed by atoms with Crippen LogP contribution >= 0.6 is 12.2 Å². The zero-order valence-electron chi connectivity index (χ0n) is 11.8. The van der Waals surface area contributed by atoms with Crippen LogP contribution in [0.5, 0.6) is 0 Å². The van der Waals surface area contributed by atoms with Gasteiger partial charge in [0.25, 0.3) is 0 Å². The average molecular weight is 279 g/mol. The van der Waals surface area contributed by atoms with Crippen molar-refractivity contribution in [1.29, 1.82) is 0 Å². The van der Waals surface area contributed by atoms with E-state index in [1.165, 1.54) is 0 Å². The number of thiocarbonyl (C=S) groups is 1. The van der Waals surface area contributed by atoms with Gasteiger partial charge in [-0.05, 0) is 39.9 Å². The molecule has 0 bridgehead atoms. The maximum atomic E-state index is 5.66. The summed E-state index contributed by atoms with van der Waals surface area (Å²) in [5.41, 5.74) is 7.22. The SMILES string of the molecule is Cc1cc(C(N)=S)nc(N2CCC(N(C)C)CC2)n1. The molecule has 0 aromatic carbocycles. The van der Waals surface area contributed by atoms with Crippen molar-refractivity contribution in [3.63, 3.8) is 0 Å². The molecular formula is C13H21N5S. The van der Waals surface area contributed by atoms with Gasteiger partial charge in [-0.15, -0.1) is 0 Å². The number of anilines is 1. The van der Waals surface area contributed by atoms with Crippen LogP contribution in [-0.4, -0.2) is 53.1 Å². The third-order valence-electron chi connectivity index (χ3n) is 3.57. The van der Waals surface area contributed by atoms with Crippen molar-refractivity contribution in [2.24, 2.45) is 5.73 Å². The molecule has 1 aliphatic heterocycles. The van der Waals surface area contributed by atoms with Crippen molar-refractivity contribution in [1.82, 2.24) is 14.9 Å². The Morgan fingerprint density at radius 2 is 2.00 bits per heavy atom. The maximum Gasteiger partial charge on any atom is 0.226 e. The minimum Gasteiger partial charge on any atom is -0.388 e. The van der Waals surface area contributed by atoms with Gasteiger partial charge in [0, 0.05) is 24.8 Å². The molecule has 1 fully saturated rings. The minimum absolute atomic E-state index is 0.329. The highest BCUT2D eigenvalue weighted by molar-refractivity contribution is 7.80. The van der Waals surface area contributed by atoms with Crippen LogP contribution in [0.1, 0.15) is 24.2 Å². The van der Waals surface area contributed by atoms with E-state index in [1.54, 1.807) is 0 Å². The van der Waals surface area contributed by atoms with E-state index in [4.69, 9.17) is 18.0 Å². The van der Waals surface area contributed by atoms with Gasteiger partial charge in [0.15, 0.2) is 0 Å². The van der Waals surface area contributed by atoms with Gasteiger partial charge >= 0.3 is 0 Å². The Labute approximate surface area is 119 Å². The maximum absolute atomic E-state index is 5.66. The fourth-order valence-corrected chi connectivity index (χ4v) is 2.51. The van der Waals surface area contributed by atoms with E-state index >= 15 is 0 Å². The first-order valence-electron chi connectivity index (χ1n) is 6.54. The lowest BCUT2D eigenvalue weighted by atomic mass is 10.0. The van der Waals surface area contributed by atoms with Crippen molar-refractivity contribution in [3.05, 3.63) is 17.5 Å². The normalized spacial score (nSPS) is 16.9. The molecule has 19 heavy (non-hydrogen) atoms. The molecule has 0 unspecified atom stereocenters. The molecule has 0 saturated carbocycles. The summed E-state index contributed by atoms with van der Waals surface area (Å²) in [5.74, 6) is 0.750. The number of aromatic nitrogens is 2. The van der Waals surface area contributed by atoms with Crippen LogP contribution in [0.3, 0.4) is 0 Å². The van der Waals surface area contributed by atoms with Crippen molar-refractivity contribution in [2.75, 3.05) is 32.1 Å². The highest BCUT2D eigenvalue weighted by Crippen LogP contribution is 2.19. The van der Waals surface area contributed by atoms with Gasteiger partial charge in [0.1, 0.15) is 10.7 Å². The Bertz CT molecular complexity index is 466. The van der Waals surface area contributed by atoms with Crippen LogP contribution in [0, 0.1) is 6.92 Å². The molecule has 1 aliphatic rings. The first kappa shape index (κ1) is 14.1. The first-order chi connectivity index (χ1) is 8.97. The summed E-state index contributed by atoms with van der Waals surface area (Å²) in [7, 11) is 4.27. The molecule has 1 aromatic heterocycles. The van der Waals surface area contributed by atoms with E-state index in [0.29, 0.717) is 16.7 Å². The molecule has 0 spiro atoms. The number of nitrogens with two attached hydrogens (primary N) is 1. The quantitative estimate of drug-likeness (QED) is 0.831. The Kier molecular flexibility index (Phi) is 4.31. The van der Waals surface area contributed by atoms with Gasteiger partial charge in [-0.25, -0.2) is 9.97 Å². The van der Waals surface area contributed by atoms with Gasteiger partial charge in [-0.1, -0.05) is 12.2 Å². The lowest BCUT2D eigenvalue weighted by Gasteiger charge is -2.35. The van der Waals surface area contributed by atoms with Gasteiger partial charge in [-0.2, -0.15) is 0 Å². The number of hydrogen-bond acceptors (Lipinski definition) is 5. The van der Waals surface area contributed by atoms with E-state index in [-0.39, 0.29) is 0 Å². The van der Waals surface area contributed by atoms with Crippen molar-refractivity contribution in [3.8, 4) is 0 Å². The number of hydrogen-bond donors (Lipinski definition) is 1. The fourth-order valence-electron chi connectivity index (χ4n) is 2.40. The van der Waals surface area contributed by atoms with E-state index in [0.717, 1.165) is 37.6 Å². The third-order valence-corrected chi connectivity index (χ3v) is 3.78. The highest BCUT2D eigenvalue weighted by atomic mass is 32.1. The predicted molar refractivity (Wildman–Crippen MR) is 81.6 cm³/mol. The molecule has 0 aliphatic carbocycles. The Hall–Kier alpha value is -1.27. The molecule has 2 N–H and O–H groups in total. The van der Waals surface area contributed by atoms with E-state index < -0.39 is 0 Å². The molecule has 1 aromatic rings. The number of rotatable bonds is 3. The zero-order chi connectivity index (χ0) is 14.0. The molecule has 0 radical (unpaired) electrons. The van der Waals surface area contributed by atoms with Gasteiger partial charge in [0.05, 0.1) is 0 Å². The second-order valence-electron chi connectivity index (χ2n) is 5.24. The number of nitrogens with zero attached hydrogens (tertiary/aromatic N) is 4. The summed E-state index contributed by atoms with van der Waals surface area (Å²) in [6, 6.07) is 2.48. The highest BCUT2D eigenvalue weighted by Gasteiger charge is 2.22. The number of aryl methyl sites for hydroxylation is 1. The second-order valence-corrected chi connectivity index (χ2v) is 5.68. The molecule has 1 saturated heterocycles. The standard InChI is InChI=1S/C13H21N5S/c1-9-8-11(12(14)19)16-13(15-9)18-6-4-10(5-7-18)17(2)3/h8,10H,4-7H2,1-3H3,(H2,14,19). The lowest BCUT2D eigenvalue weighted by Crippen LogP contribution is -2.42. The largest absolute Gasteiger partial charge is 0.388 e. The summed E-state index contributed by atoms with van der Waals surface area (Å²) in [5, 5.41) is 0. The monoisotopic (exact) mass is 279 g/mol. The molecule has 0 amide bonds. The van der Waals surface area contributed by atoms with Crippen molar-refractivity contribution in [2.45, 2.75) is 25.8 Å². The van der Waals surface area contributed by atoms with Crippen molar-refractivity contribution < 1.29 is 0 Å². The van der Waals surface area contributed by atoms with Crippen LogP contribution in [0.4, 0.5) is 5.95 Å². The van der Waals surface area contributed by atoms with E-state index in [9.17, 15) is 0 Å². The molecular weight excluding hydrogens is 258 g/mol. The first-order valence-corrected chi connectivity index (χ1v) is 6.95. The van der Waals surface area contributed by atoms with E-state index in [2.05, 4.69) is 33.9 Å². The molecule has 104 valence electrons. The summed E-state index contributed by atoms with van der Waals surface area (Å²) in [4.78, 5) is 13.8.